The normalized spacial score (nSPS) is 10.9. The first-order valence-electron chi connectivity index (χ1n) is 9.68. The topological polar surface area (TPSA) is 64.9 Å². The molecule has 30 heavy (non-hydrogen) atoms. The molecule has 0 aliphatic carbocycles. The second kappa shape index (κ2) is 9.56. The Kier molecular flexibility index (Phi) is 6.41. The maximum absolute atomic E-state index is 5.23. The molecule has 2 aromatic carbocycles. The summed E-state index contributed by atoms with van der Waals surface area (Å²) in [5.41, 5.74) is 4.85. The third kappa shape index (κ3) is 4.53. The van der Waals surface area contributed by atoms with Crippen LogP contribution in [-0.4, -0.2) is 39.2 Å². The number of hydrogen-bond donors (Lipinski definition) is 1. The number of para-hydroxylation sites is 2. The number of thioether (sulfide) groups is 1. The molecule has 7 heteroatoms. The zero-order valence-corrected chi connectivity index (χ0v) is 17.8. The van der Waals surface area contributed by atoms with Gasteiger partial charge in [0.05, 0.1) is 29.2 Å². The monoisotopic (exact) mass is 417 g/mol. The summed E-state index contributed by atoms with van der Waals surface area (Å²) in [5.74, 6) is 1.37. The molecule has 2 heterocycles. The number of benzene rings is 2. The maximum Gasteiger partial charge on any atom is 0.227 e. The highest BCUT2D eigenvalue weighted by atomic mass is 32.2. The van der Waals surface area contributed by atoms with Crippen molar-refractivity contribution < 1.29 is 4.74 Å². The Hall–Kier alpha value is -3.16. The third-order valence-corrected chi connectivity index (χ3v) is 5.48. The van der Waals surface area contributed by atoms with Crippen molar-refractivity contribution in [2.45, 2.75) is 11.9 Å². The fourth-order valence-corrected chi connectivity index (χ4v) is 4.10. The summed E-state index contributed by atoms with van der Waals surface area (Å²) in [6.07, 6.45) is 1.77. The first kappa shape index (κ1) is 20.1. The molecular formula is C23H23N5OS. The Morgan fingerprint density at radius 3 is 2.47 bits per heavy atom. The molecule has 0 fully saturated rings. The van der Waals surface area contributed by atoms with E-state index in [2.05, 4.69) is 29.4 Å². The van der Waals surface area contributed by atoms with E-state index in [1.54, 1.807) is 25.1 Å². The van der Waals surface area contributed by atoms with Gasteiger partial charge in [-0.1, -0.05) is 36.4 Å². The Labute approximate surface area is 180 Å². The third-order valence-electron chi connectivity index (χ3n) is 4.55. The molecule has 0 saturated carbocycles. The van der Waals surface area contributed by atoms with Crippen molar-refractivity contribution in [3.63, 3.8) is 0 Å². The molecule has 4 aromatic rings. The lowest BCUT2D eigenvalue weighted by Crippen LogP contribution is -2.00. The van der Waals surface area contributed by atoms with Crippen LogP contribution in [0.15, 0.2) is 78.0 Å². The van der Waals surface area contributed by atoms with Gasteiger partial charge in [0.1, 0.15) is 5.03 Å². The lowest BCUT2D eigenvalue weighted by Gasteiger charge is -2.08. The molecule has 6 nitrogen and oxygen atoms in total. The number of aromatic nitrogens is 4. The van der Waals surface area contributed by atoms with Crippen LogP contribution in [0.25, 0.3) is 16.9 Å². The van der Waals surface area contributed by atoms with E-state index in [-0.39, 0.29) is 0 Å². The van der Waals surface area contributed by atoms with Gasteiger partial charge in [-0.25, -0.2) is 14.6 Å². The molecule has 1 N–H and O–H groups in total. The van der Waals surface area contributed by atoms with Crippen molar-refractivity contribution in [2.24, 2.45) is 0 Å². The van der Waals surface area contributed by atoms with Crippen molar-refractivity contribution in [1.82, 2.24) is 19.7 Å². The van der Waals surface area contributed by atoms with Crippen molar-refractivity contribution in [3.8, 4) is 16.9 Å². The van der Waals surface area contributed by atoms with Crippen LogP contribution >= 0.6 is 11.8 Å². The summed E-state index contributed by atoms with van der Waals surface area (Å²) in [5, 5.41) is 9.08. The molecule has 0 unspecified atom stereocenters. The summed E-state index contributed by atoms with van der Waals surface area (Å²) < 4.78 is 7.19. The van der Waals surface area contributed by atoms with Crippen LogP contribution in [0.1, 0.15) is 5.69 Å². The predicted octanol–water partition coefficient (Wildman–Crippen LogP) is 5.12. The van der Waals surface area contributed by atoms with E-state index in [4.69, 9.17) is 14.8 Å². The van der Waals surface area contributed by atoms with E-state index in [0.717, 1.165) is 39.1 Å². The highest BCUT2D eigenvalue weighted by molar-refractivity contribution is 7.99. The lowest BCUT2D eigenvalue weighted by molar-refractivity contribution is 0.218. The second-order valence-electron chi connectivity index (χ2n) is 6.61. The molecule has 0 spiro atoms. The number of nitrogens with one attached hydrogen (secondary N) is 1. The summed E-state index contributed by atoms with van der Waals surface area (Å²) in [6.45, 7) is 2.73. The van der Waals surface area contributed by atoms with Gasteiger partial charge in [-0.3, -0.25) is 0 Å². The first-order chi connectivity index (χ1) is 14.8. The van der Waals surface area contributed by atoms with Gasteiger partial charge >= 0.3 is 0 Å². The minimum atomic E-state index is 0.554. The summed E-state index contributed by atoms with van der Waals surface area (Å²) in [4.78, 5) is 9.16. The van der Waals surface area contributed by atoms with Gasteiger partial charge in [0, 0.05) is 24.7 Å². The van der Waals surface area contributed by atoms with Crippen LogP contribution in [0, 0.1) is 6.92 Å². The summed E-state index contributed by atoms with van der Waals surface area (Å²) in [7, 11) is 1.71. The van der Waals surface area contributed by atoms with Gasteiger partial charge in [0.25, 0.3) is 0 Å². The Bertz CT molecular complexity index is 1100. The van der Waals surface area contributed by atoms with Gasteiger partial charge in [-0.2, -0.15) is 5.10 Å². The van der Waals surface area contributed by atoms with Gasteiger partial charge < -0.3 is 10.1 Å². The van der Waals surface area contributed by atoms with E-state index in [1.807, 2.05) is 59.3 Å². The lowest BCUT2D eigenvalue weighted by atomic mass is 10.2. The van der Waals surface area contributed by atoms with Crippen LogP contribution in [-0.2, 0) is 4.74 Å². The number of anilines is 2. The molecule has 0 aliphatic rings. The van der Waals surface area contributed by atoms with Crippen LogP contribution in [0.5, 0.6) is 0 Å². The molecule has 0 atom stereocenters. The zero-order valence-electron chi connectivity index (χ0n) is 16.9. The van der Waals surface area contributed by atoms with Gasteiger partial charge in [0.15, 0.2) is 0 Å². The number of hydrogen-bond acceptors (Lipinski definition) is 6. The van der Waals surface area contributed by atoms with Crippen LogP contribution < -0.4 is 5.32 Å². The van der Waals surface area contributed by atoms with E-state index in [1.165, 1.54) is 0 Å². The highest BCUT2D eigenvalue weighted by Gasteiger charge is 2.19. The number of rotatable bonds is 8. The fraction of sp³-hybridized carbons (Fsp3) is 0.174. The SMILES string of the molecule is COCCSc1nn(-c2ccccc2)c(C)c1-c1ccnc(Nc2ccccc2)n1. The predicted molar refractivity (Wildman–Crippen MR) is 122 cm³/mol. The average molecular weight is 418 g/mol. The van der Waals surface area contributed by atoms with Crippen molar-refractivity contribution in [2.75, 3.05) is 24.8 Å². The quantitative estimate of drug-likeness (QED) is 0.317. The number of nitrogens with zero attached hydrogens (tertiary/aromatic N) is 4. The molecule has 152 valence electrons. The van der Waals surface area contributed by atoms with Crippen LogP contribution in [0.3, 0.4) is 0 Å². The standard InChI is InChI=1S/C23H23N5OS/c1-17-21(20-13-14-24-23(26-20)25-18-9-5-3-6-10-18)22(30-16-15-29-2)27-28(17)19-11-7-4-8-12-19/h3-14H,15-16H2,1-2H3,(H,24,25,26). The van der Waals surface area contributed by atoms with Gasteiger partial charge in [0.2, 0.25) is 5.95 Å². The van der Waals surface area contributed by atoms with Gasteiger partial charge in [-0.05, 0) is 37.3 Å². The van der Waals surface area contributed by atoms with Crippen molar-refractivity contribution in [3.05, 3.63) is 78.6 Å². The van der Waals surface area contributed by atoms with Crippen LogP contribution in [0.2, 0.25) is 0 Å². The zero-order chi connectivity index (χ0) is 20.8. The average Bonchev–Trinajstić information content (AvgIpc) is 3.11. The van der Waals surface area contributed by atoms with E-state index >= 15 is 0 Å². The van der Waals surface area contributed by atoms with Crippen molar-refractivity contribution in [1.29, 1.82) is 0 Å². The van der Waals surface area contributed by atoms with E-state index in [0.29, 0.717) is 12.6 Å². The molecule has 2 aromatic heterocycles. The van der Waals surface area contributed by atoms with Gasteiger partial charge in [-0.15, -0.1) is 11.8 Å². The van der Waals surface area contributed by atoms with E-state index in [9.17, 15) is 0 Å². The molecule has 4 rings (SSSR count). The largest absolute Gasteiger partial charge is 0.384 e. The molecule has 0 aliphatic heterocycles. The number of ether oxygens (including phenoxy) is 1. The summed E-state index contributed by atoms with van der Waals surface area (Å²) in [6, 6.07) is 22.0. The smallest absolute Gasteiger partial charge is 0.227 e. The molecular weight excluding hydrogens is 394 g/mol. The fourth-order valence-electron chi connectivity index (χ4n) is 3.12. The Balaban J connectivity index is 1.73. The molecule has 0 saturated heterocycles. The minimum Gasteiger partial charge on any atom is -0.384 e. The molecule has 0 bridgehead atoms. The molecule has 0 radical (unpaired) electrons. The Morgan fingerprint density at radius 1 is 1.00 bits per heavy atom. The minimum absolute atomic E-state index is 0.554. The summed E-state index contributed by atoms with van der Waals surface area (Å²) >= 11 is 1.67. The second-order valence-corrected chi connectivity index (χ2v) is 7.69. The maximum atomic E-state index is 5.23. The molecule has 0 amide bonds. The van der Waals surface area contributed by atoms with Crippen LogP contribution in [0.4, 0.5) is 11.6 Å². The first-order valence-corrected chi connectivity index (χ1v) is 10.7. The number of methoxy groups -OCH3 is 1. The Morgan fingerprint density at radius 2 is 1.73 bits per heavy atom. The highest BCUT2D eigenvalue weighted by Crippen LogP contribution is 2.34. The van der Waals surface area contributed by atoms with Crippen molar-refractivity contribution >= 4 is 23.4 Å². The van der Waals surface area contributed by atoms with E-state index < -0.39 is 0 Å².